The fourth-order valence-corrected chi connectivity index (χ4v) is 2.23. The molecular weight excluding hydrogens is 302 g/mol. The van der Waals surface area contributed by atoms with Crippen LogP contribution in [0.4, 0.5) is 4.79 Å². The van der Waals surface area contributed by atoms with Crippen LogP contribution in [0.2, 0.25) is 0 Å². The van der Waals surface area contributed by atoms with E-state index in [2.05, 4.69) is 5.32 Å². The molecule has 23 heavy (non-hydrogen) atoms. The van der Waals surface area contributed by atoms with E-state index in [0.717, 1.165) is 19.3 Å². The monoisotopic (exact) mass is 327 g/mol. The normalized spacial score (nSPS) is 15.1. The number of amides is 3. The van der Waals surface area contributed by atoms with E-state index in [9.17, 15) is 19.5 Å². The number of aliphatic carboxylic acids is 1. The first-order chi connectivity index (χ1) is 10.9. The predicted octanol–water partition coefficient (Wildman–Crippen LogP) is 1.29. The number of carbonyl (C=O) groups excluding carboxylic acids is 2. The summed E-state index contributed by atoms with van der Waals surface area (Å²) in [5.41, 5.74) is 0.0260. The molecule has 8 nitrogen and oxygen atoms in total. The molecule has 3 amide bonds. The number of hydrogen-bond donors (Lipinski definition) is 3. The lowest BCUT2D eigenvalue weighted by Gasteiger charge is -2.35. The van der Waals surface area contributed by atoms with Crippen LogP contribution in [0.1, 0.15) is 39.5 Å². The van der Waals surface area contributed by atoms with Crippen LogP contribution in [0.25, 0.3) is 0 Å². The summed E-state index contributed by atoms with van der Waals surface area (Å²) in [5.74, 6) is -2.21. The van der Waals surface area contributed by atoms with Crippen molar-refractivity contribution in [2.45, 2.75) is 39.5 Å². The molecule has 0 fully saturated rings. The summed E-state index contributed by atoms with van der Waals surface area (Å²) in [6.45, 7) is 4.22. The first-order valence-corrected chi connectivity index (χ1v) is 7.90. The Hall–Kier alpha value is -2.25. The summed E-state index contributed by atoms with van der Waals surface area (Å²) in [5, 5.41) is 21.1. The third kappa shape index (κ3) is 5.15. The molecule has 0 aromatic heterocycles. The number of aliphatic hydroxyl groups is 1. The maximum Gasteiger partial charge on any atom is 0.327 e. The smallest absolute Gasteiger partial charge is 0.327 e. The van der Waals surface area contributed by atoms with Gasteiger partial charge in [-0.1, -0.05) is 26.7 Å². The van der Waals surface area contributed by atoms with Gasteiger partial charge in [-0.2, -0.15) is 0 Å². The van der Waals surface area contributed by atoms with Gasteiger partial charge in [0, 0.05) is 13.1 Å². The Morgan fingerprint density at radius 2 is 1.78 bits per heavy atom. The van der Waals surface area contributed by atoms with Crippen molar-refractivity contribution < 1.29 is 24.6 Å². The molecule has 0 saturated carbocycles. The highest BCUT2D eigenvalue weighted by molar-refractivity contribution is 5.98. The van der Waals surface area contributed by atoms with Gasteiger partial charge in [0.1, 0.15) is 6.54 Å². The van der Waals surface area contributed by atoms with E-state index in [-0.39, 0.29) is 24.0 Å². The molecule has 1 rings (SSSR count). The Balaban J connectivity index is 2.97. The molecule has 0 unspecified atom stereocenters. The zero-order valence-electron chi connectivity index (χ0n) is 13.7. The van der Waals surface area contributed by atoms with Crippen molar-refractivity contribution in [2.24, 2.45) is 0 Å². The minimum atomic E-state index is -1.17. The van der Waals surface area contributed by atoms with Crippen LogP contribution in [0, 0.1) is 0 Å². The molecule has 3 N–H and O–H groups in total. The van der Waals surface area contributed by atoms with E-state index in [4.69, 9.17) is 5.11 Å². The number of urea groups is 1. The van der Waals surface area contributed by atoms with Gasteiger partial charge in [0.2, 0.25) is 5.88 Å². The van der Waals surface area contributed by atoms with Gasteiger partial charge in [-0.3, -0.25) is 14.5 Å². The number of aliphatic hydroxyl groups excluding tert-OH is 1. The second kappa shape index (κ2) is 9.02. The summed E-state index contributed by atoms with van der Waals surface area (Å²) in [4.78, 5) is 37.8. The molecule has 0 radical (unpaired) electrons. The van der Waals surface area contributed by atoms with Crippen LogP contribution in [0.15, 0.2) is 11.5 Å². The van der Waals surface area contributed by atoms with Crippen LogP contribution in [0.3, 0.4) is 0 Å². The highest BCUT2D eigenvalue weighted by Crippen LogP contribution is 2.20. The molecule has 0 aliphatic carbocycles. The average Bonchev–Trinajstić information content (AvgIpc) is 2.51. The second-order valence-corrected chi connectivity index (χ2v) is 5.44. The summed E-state index contributed by atoms with van der Waals surface area (Å²) in [7, 11) is 0. The molecule has 8 heteroatoms. The molecule has 1 heterocycles. The zero-order chi connectivity index (χ0) is 17.4. The highest BCUT2D eigenvalue weighted by atomic mass is 16.4. The number of carbonyl (C=O) groups is 3. The van der Waals surface area contributed by atoms with E-state index >= 15 is 0 Å². The van der Waals surface area contributed by atoms with Gasteiger partial charge >= 0.3 is 12.0 Å². The number of nitrogens with one attached hydrogen (secondary N) is 1. The molecule has 0 atom stereocenters. The van der Waals surface area contributed by atoms with Gasteiger partial charge in [-0.05, 0) is 12.8 Å². The van der Waals surface area contributed by atoms with Gasteiger partial charge in [0.15, 0.2) is 0 Å². The lowest BCUT2D eigenvalue weighted by Crippen LogP contribution is -2.51. The molecular formula is C15H25N3O5. The summed E-state index contributed by atoms with van der Waals surface area (Å²) in [6, 6.07) is -0.320. The van der Waals surface area contributed by atoms with Crippen LogP contribution in [-0.4, -0.2) is 64.1 Å². The van der Waals surface area contributed by atoms with Crippen molar-refractivity contribution in [1.29, 1.82) is 0 Å². The molecule has 0 aromatic carbocycles. The average molecular weight is 327 g/mol. The summed E-state index contributed by atoms with van der Waals surface area (Å²) >= 11 is 0. The van der Waals surface area contributed by atoms with Gasteiger partial charge in [-0.25, -0.2) is 4.79 Å². The summed E-state index contributed by atoms with van der Waals surface area (Å²) in [6.07, 6.45) is 3.22. The summed E-state index contributed by atoms with van der Waals surface area (Å²) < 4.78 is 0. The number of carboxylic acid groups (broad SMARTS) is 1. The minimum absolute atomic E-state index is 0.0151. The van der Waals surface area contributed by atoms with Crippen LogP contribution in [0.5, 0.6) is 0 Å². The fourth-order valence-electron chi connectivity index (χ4n) is 2.23. The topological polar surface area (TPSA) is 110 Å². The van der Waals surface area contributed by atoms with Crippen molar-refractivity contribution in [1.82, 2.24) is 15.1 Å². The number of hydrogen-bond acceptors (Lipinski definition) is 4. The largest absolute Gasteiger partial charge is 0.494 e. The SMILES string of the molecule is CCCCN1CC(C(=O)NCC(=O)O)=C(O)N(CCCC)C1=O. The maximum atomic E-state index is 12.4. The number of nitrogens with zero attached hydrogens (tertiary/aromatic N) is 2. The lowest BCUT2D eigenvalue weighted by atomic mass is 10.1. The molecule has 1 aliphatic heterocycles. The number of carboxylic acids is 1. The molecule has 130 valence electrons. The molecule has 0 bridgehead atoms. The van der Waals surface area contributed by atoms with E-state index in [1.54, 1.807) is 0 Å². The fraction of sp³-hybridized carbons (Fsp3) is 0.667. The zero-order valence-corrected chi connectivity index (χ0v) is 13.7. The van der Waals surface area contributed by atoms with Crippen molar-refractivity contribution in [2.75, 3.05) is 26.2 Å². The first-order valence-electron chi connectivity index (χ1n) is 7.90. The third-order valence-corrected chi connectivity index (χ3v) is 3.57. The van der Waals surface area contributed by atoms with Crippen LogP contribution in [-0.2, 0) is 9.59 Å². The molecule has 0 spiro atoms. The van der Waals surface area contributed by atoms with E-state index in [1.165, 1.54) is 9.80 Å². The Morgan fingerprint density at radius 3 is 2.35 bits per heavy atom. The second-order valence-electron chi connectivity index (χ2n) is 5.44. The highest BCUT2D eigenvalue weighted by Gasteiger charge is 2.34. The van der Waals surface area contributed by atoms with Crippen LogP contribution >= 0.6 is 0 Å². The molecule has 1 aliphatic rings. The number of rotatable bonds is 9. The quantitative estimate of drug-likeness (QED) is 0.591. The maximum absolute atomic E-state index is 12.4. The molecule has 0 saturated heterocycles. The first kappa shape index (κ1) is 18.8. The Bertz CT molecular complexity index is 490. The van der Waals surface area contributed by atoms with Crippen molar-refractivity contribution >= 4 is 17.9 Å². The standard InChI is InChI=1S/C15H25N3O5/c1-3-5-7-17-10-11(13(21)16-9-12(19)20)14(22)18(15(17)23)8-6-4-2/h22H,3-10H2,1-2H3,(H,16,21)(H,19,20). The van der Waals surface area contributed by atoms with Crippen molar-refractivity contribution in [3.63, 3.8) is 0 Å². The minimum Gasteiger partial charge on any atom is -0.494 e. The van der Waals surface area contributed by atoms with E-state index < -0.39 is 18.4 Å². The van der Waals surface area contributed by atoms with Crippen LogP contribution < -0.4 is 5.32 Å². The van der Waals surface area contributed by atoms with Crippen molar-refractivity contribution in [3.05, 3.63) is 11.5 Å². The van der Waals surface area contributed by atoms with Gasteiger partial charge in [0.25, 0.3) is 5.91 Å². The van der Waals surface area contributed by atoms with E-state index in [0.29, 0.717) is 19.5 Å². The van der Waals surface area contributed by atoms with Gasteiger partial charge < -0.3 is 20.4 Å². The Kier molecular flexibility index (Phi) is 7.37. The van der Waals surface area contributed by atoms with E-state index in [1.807, 2.05) is 13.8 Å². The number of unbranched alkanes of at least 4 members (excludes halogenated alkanes) is 2. The van der Waals surface area contributed by atoms with Crippen molar-refractivity contribution in [3.8, 4) is 0 Å². The van der Waals surface area contributed by atoms with Gasteiger partial charge in [0.05, 0.1) is 12.1 Å². The third-order valence-electron chi connectivity index (χ3n) is 3.57. The Morgan fingerprint density at radius 1 is 1.17 bits per heavy atom. The predicted molar refractivity (Wildman–Crippen MR) is 83.8 cm³/mol. The van der Waals surface area contributed by atoms with Gasteiger partial charge in [-0.15, -0.1) is 0 Å². The lowest BCUT2D eigenvalue weighted by molar-refractivity contribution is -0.137. The molecule has 0 aromatic rings. The Labute approximate surface area is 135 Å².